The normalized spacial score (nSPS) is 12.0. The van der Waals surface area contributed by atoms with Crippen molar-refractivity contribution < 1.29 is 26.4 Å². The number of nitrogens with zero attached hydrogens (tertiary/aromatic N) is 1. The van der Waals surface area contributed by atoms with Crippen molar-refractivity contribution in [2.75, 3.05) is 22.4 Å². The molecule has 0 aliphatic heterocycles. The maximum Gasteiger partial charge on any atom is 0.416 e. The van der Waals surface area contributed by atoms with E-state index in [4.69, 9.17) is 11.6 Å². The fourth-order valence-corrected chi connectivity index (χ4v) is 4.04. The predicted molar refractivity (Wildman–Crippen MR) is 112 cm³/mol. The number of carbonyl (C=O) groups excluding carboxylic acids is 1. The fraction of sp³-hybridized carbons (Fsp3) is 0.350. The van der Waals surface area contributed by atoms with Crippen molar-refractivity contribution in [2.45, 2.75) is 32.9 Å². The van der Waals surface area contributed by atoms with E-state index in [0.29, 0.717) is 5.69 Å². The molecule has 0 radical (unpaired) electrons. The summed E-state index contributed by atoms with van der Waals surface area (Å²) in [5.74, 6) is -0.564. The van der Waals surface area contributed by atoms with Gasteiger partial charge in [0.1, 0.15) is 0 Å². The highest BCUT2D eigenvalue weighted by Gasteiger charge is 2.31. The highest BCUT2D eigenvalue weighted by molar-refractivity contribution is 7.92. The number of carbonyl (C=O) groups is 1. The van der Waals surface area contributed by atoms with E-state index in [1.54, 1.807) is 12.1 Å². The van der Waals surface area contributed by atoms with Gasteiger partial charge in [-0.1, -0.05) is 23.7 Å². The van der Waals surface area contributed by atoms with Crippen molar-refractivity contribution in [3.8, 4) is 0 Å². The Hall–Kier alpha value is -2.26. The molecule has 0 saturated heterocycles. The number of aryl methyl sites for hydroxylation is 1. The van der Waals surface area contributed by atoms with Gasteiger partial charge >= 0.3 is 6.18 Å². The van der Waals surface area contributed by atoms with E-state index >= 15 is 0 Å². The zero-order valence-electron chi connectivity index (χ0n) is 16.7. The summed E-state index contributed by atoms with van der Waals surface area (Å²) in [4.78, 5) is 12.2. The lowest BCUT2D eigenvalue weighted by atomic mass is 10.1. The highest BCUT2D eigenvalue weighted by atomic mass is 35.5. The van der Waals surface area contributed by atoms with E-state index in [0.717, 1.165) is 35.6 Å². The van der Waals surface area contributed by atoms with Crippen molar-refractivity contribution in [2.24, 2.45) is 0 Å². The topological polar surface area (TPSA) is 66.5 Å². The number of benzene rings is 2. The van der Waals surface area contributed by atoms with Crippen LogP contribution in [-0.2, 0) is 21.0 Å². The van der Waals surface area contributed by atoms with Gasteiger partial charge < -0.3 is 5.32 Å². The Bertz CT molecular complexity index is 1040. The summed E-state index contributed by atoms with van der Waals surface area (Å²) in [6.07, 6.45) is -3.41. The molecule has 0 atom stereocenters. The van der Waals surface area contributed by atoms with Gasteiger partial charge in [0.05, 0.1) is 28.2 Å². The van der Waals surface area contributed by atoms with Crippen LogP contribution in [-0.4, -0.2) is 27.1 Å². The Balaban J connectivity index is 2.08. The largest absolute Gasteiger partial charge is 0.416 e. The molecule has 30 heavy (non-hydrogen) atoms. The van der Waals surface area contributed by atoms with Crippen LogP contribution in [0.25, 0.3) is 0 Å². The lowest BCUT2D eigenvalue weighted by Crippen LogP contribution is -2.32. The van der Waals surface area contributed by atoms with Crippen molar-refractivity contribution in [3.05, 3.63) is 58.1 Å². The Kier molecular flexibility index (Phi) is 7.41. The van der Waals surface area contributed by atoms with Gasteiger partial charge in [0.2, 0.25) is 15.9 Å². The number of sulfonamides is 1. The summed E-state index contributed by atoms with van der Waals surface area (Å²) in [5, 5.41) is 2.33. The van der Waals surface area contributed by atoms with Gasteiger partial charge in [-0.15, -0.1) is 0 Å². The van der Waals surface area contributed by atoms with Crippen molar-refractivity contribution >= 4 is 38.9 Å². The third kappa shape index (κ3) is 6.12. The molecule has 0 heterocycles. The SMILES string of the molecule is Cc1cccc(N(CCCC(=O)Nc2cc(C(F)(F)F)ccc2Cl)S(C)(=O)=O)c1C. The van der Waals surface area contributed by atoms with E-state index in [9.17, 15) is 26.4 Å². The van der Waals surface area contributed by atoms with Crippen LogP contribution in [0.15, 0.2) is 36.4 Å². The minimum Gasteiger partial charge on any atom is -0.325 e. The van der Waals surface area contributed by atoms with E-state index in [1.807, 2.05) is 19.9 Å². The monoisotopic (exact) mass is 462 g/mol. The second-order valence-corrected chi connectivity index (χ2v) is 9.21. The van der Waals surface area contributed by atoms with Crippen LogP contribution in [0.3, 0.4) is 0 Å². The lowest BCUT2D eigenvalue weighted by Gasteiger charge is -2.25. The molecule has 0 saturated carbocycles. The highest BCUT2D eigenvalue weighted by Crippen LogP contribution is 2.34. The van der Waals surface area contributed by atoms with Crippen LogP contribution < -0.4 is 9.62 Å². The van der Waals surface area contributed by atoms with Gasteiger partial charge in [-0.3, -0.25) is 9.10 Å². The average Bonchev–Trinajstić information content (AvgIpc) is 2.61. The molecular formula is C20H22ClF3N2O3S. The first-order valence-electron chi connectivity index (χ1n) is 9.01. The maximum atomic E-state index is 12.8. The van der Waals surface area contributed by atoms with Crippen LogP contribution in [0.2, 0.25) is 5.02 Å². The van der Waals surface area contributed by atoms with Gasteiger partial charge in [0, 0.05) is 13.0 Å². The smallest absolute Gasteiger partial charge is 0.325 e. The molecule has 0 fully saturated rings. The van der Waals surface area contributed by atoms with Crippen LogP contribution in [0, 0.1) is 13.8 Å². The van der Waals surface area contributed by atoms with Gasteiger partial charge in [-0.05, 0) is 55.7 Å². The molecule has 0 aliphatic carbocycles. The standard InChI is InChI=1S/C20H22ClF3N2O3S/c1-13-6-4-7-18(14(13)2)26(30(3,28)29)11-5-8-19(27)25-17-12-15(20(22,23)24)9-10-16(17)21/h4,6-7,9-10,12H,5,8,11H2,1-3H3,(H,25,27). The molecular weight excluding hydrogens is 441 g/mol. The van der Waals surface area contributed by atoms with E-state index in [1.165, 1.54) is 4.31 Å². The number of amides is 1. The quantitative estimate of drug-likeness (QED) is 0.618. The molecule has 1 N–H and O–H groups in total. The number of rotatable bonds is 7. The summed E-state index contributed by atoms with van der Waals surface area (Å²) in [7, 11) is -3.59. The number of alkyl halides is 3. The Morgan fingerprint density at radius 1 is 1.17 bits per heavy atom. The second-order valence-electron chi connectivity index (χ2n) is 6.90. The van der Waals surface area contributed by atoms with Gasteiger partial charge in [0.15, 0.2) is 0 Å². The Morgan fingerprint density at radius 3 is 2.43 bits per heavy atom. The van der Waals surface area contributed by atoms with Crippen molar-refractivity contribution in [1.82, 2.24) is 0 Å². The molecule has 1 amide bonds. The predicted octanol–water partition coefficient (Wildman–Crippen LogP) is 5.16. The molecule has 5 nitrogen and oxygen atoms in total. The zero-order chi connectivity index (χ0) is 22.7. The van der Waals surface area contributed by atoms with Gasteiger partial charge in [-0.25, -0.2) is 8.42 Å². The number of halogens is 4. The number of hydrogen-bond donors (Lipinski definition) is 1. The minimum absolute atomic E-state index is 0.0236. The molecule has 164 valence electrons. The molecule has 0 unspecified atom stereocenters. The van der Waals surface area contributed by atoms with Crippen molar-refractivity contribution in [3.63, 3.8) is 0 Å². The maximum absolute atomic E-state index is 12.8. The van der Waals surface area contributed by atoms with Crippen LogP contribution in [0.1, 0.15) is 29.5 Å². The third-order valence-corrected chi connectivity index (χ3v) is 6.09. The minimum atomic E-state index is -4.56. The first-order chi connectivity index (χ1) is 13.8. The Labute approximate surface area is 178 Å². The molecule has 0 spiro atoms. The van der Waals surface area contributed by atoms with Crippen LogP contribution in [0.4, 0.5) is 24.5 Å². The average molecular weight is 463 g/mol. The molecule has 10 heteroatoms. The fourth-order valence-electron chi connectivity index (χ4n) is 2.86. The van der Waals surface area contributed by atoms with Crippen LogP contribution in [0.5, 0.6) is 0 Å². The number of hydrogen-bond acceptors (Lipinski definition) is 3. The molecule has 0 aromatic heterocycles. The van der Waals surface area contributed by atoms with E-state index in [2.05, 4.69) is 5.32 Å². The first-order valence-corrected chi connectivity index (χ1v) is 11.2. The Morgan fingerprint density at radius 2 is 1.83 bits per heavy atom. The van der Waals surface area contributed by atoms with Gasteiger partial charge in [0.25, 0.3) is 0 Å². The zero-order valence-corrected chi connectivity index (χ0v) is 18.2. The number of nitrogens with one attached hydrogen (secondary N) is 1. The summed E-state index contributed by atoms with van der Waals surface area (Å²) in [6, 6.07) is 7.95. The molecule has 2 aromatic rings. The van der Waals surface area contributed by atoms with Crippen molar-refractivity contribution in [1.29, 1.82) is 0 Å². The van der Waals surface area contributed by atoms with E-state index < -0.39 is 27.7 Å². The first kappa shape index (κ1) is 24.0. The summed E-state index contributed by atoms with van der Waals surface area (Å²) in [5.41, 5.74) is 1.19. The third-order valence-electron chi connectivity index (χ3n) is 4.58. The summed E-state index contributed by atoms with van der Waals surface area (Å²) < 4.78 is 64.2. The number of anilines is 2. The second kappa shape index (κ2) is 9.26. The molecule has 0 bridgehead atoms. The van der Waals surface area contributed by atoms with E-state index in [-0.39, 0.29) is 30.1 Å². The van der Waals surface area contributed by atoms with Crippen LogP contribution >= 0.6 is 11.6 Å². The summed E-state index contributed by atoms with van der Waals surface area (Å²) in [6.45, 7) is 3.73. The molecule has 2 rings (SSSR count). The lowest BCUT2D eigenvalue weighted by molar-refractivity contribution is -0.137. The molecule has 2 aromatic carbocycles. The summed E-state index contributed by atoms with van der Waals surface area (Å²) >= 11 is 5.88. The molecule has 0 aliphatic rings. The van der Waals surface area contributed by atoms with Gasteiger partial charge in [-0.2, -0.15) is 13.2 Å².